The molecule has 6 rings (SSSR count). The van der Waals surface area contributed by atoms with Gasteiger partial charge < -0.3 is 42.6 Å². The summed E-state index contributed by atoms with van der Waals surface area (Å²) >= 11 is 0. The molecule has 0 aromatic heterocycles. The van der Waals surface area contributed by atoms with Gasteiger partial charge in [0.05, 0.1) is 56.4 Å². The third kappa shape index (κ3) is 63.3. The Bertz CT molecular complexity index is 2280. The van der Waals surface area contributed by atoms with Crippen molar-refractivity contribution in [2.45, 2.75) is 275 Å². The third-order valence-corrected chi connectivity index (χ3v) is 12.6. The Hall–Kier alpha value is -5.84. The SMILES string of the molecule is C.C.C.C.C.C.C.C.C.C.C.C.CCC(C)OCC(C)C.CCC(C)OCCOc1ccc(-c2ccccc2)cc1.CCC(C)OCCOc1ccc(C)cc1.CCC(C)OCCOc1ccccc1.CCC(C)Oc1ccc(C)cc1.CCC(C)Oc1ccccc1. The third-order valence-electron chi connectivity index (χ3n) is 12.6. The van der Waals surface area contributed by atoms with Gasteiger partial charge in [0.15, 0.2) is 0 Å². The quantitative estimate of drug-likeness (QED) is 0.0427. The Morgan fingerprint density at radius 2 is 0.484 bits per heavy atom. The van der Waals surface area contributed by atoms with E-state index in [0.717, 1.165) is 73.9 Å². The van der Waals surface area contributed by atoms with Gasteiger partial charge in [-0.05, 0) is 172 Å². The van der Waals surface area contributed by atoms with E-state index in [4.69, 9.17) is 42.6 Å². The molecule has 0 N–H and O–H groups in total. The second-order valence-corrected chi connectivity index (χ2v) is 20.6. The molecule has 6 aromatic rings. The maximum Gasteiger partial charge on any atom is 0.119 e. The summed E-state index contributed by atoms with van der Waals surface area (Å²) in [6.07, 6.45) is 8.37. The average molecular weight is 1310 g/mol. The molecule has 9 nitrogen and oxygen atoms in total. The van der Waals surface area contributed by atoms with E-state index in [9.17, 15) is 0 Å². The molecule has 0 aliphatic rings. The minimum absolute atomic E-state index is 0. The van der Waals surface area contributed by atoms with Crippen molar-refractivity contribution < 1.29 is 42.6 Å². The predicted octanol–water partition coefficient (Wildman–Crippen LogP) is 26.7. The van der Waals surface area contributed by atoms with E-state index in [1.807, 2.05) is 127 Å². The van der Waals surface area contributed by atoms with E-state index in [-0.39, 0.29) is 89.1 Å². The average Bonchev–Trinajstić information content (AvgIpc) is 2.65. The molecule has 0 amide bonds. The van der Waals surface area contributed by atoms with Gasteiger partial charge in [-0.2, -0.15) is 0 Å². The van der Waals surface area contributed by atoms with Crippen LogP contribution in [0.25, 0.3) is 11.1 Å². The monoisotopic (exact) mass is 1310 g/mol. The Morgan fingerprint density at radius 3 is 0.785 bits per heavy atom. The lowest BCUT2D eigenvalue weighted by Gasteiger charge is -2.12. The molecule has 9 heteroatoms. The molecule has 6 aromatic carbocycles. The lowest BCUT2D eigenvalue weighted by atomic mass is 10.1. The molecule has 0 saturated heterocycles. The number of aryl methyl sites for hydroxylation is 2. The summed E-state index contributed by atoms with van der Waals surface area (Å²) in [5.41, 5.74) is 4.94. The van der Waals surface area contributed by atoms with Crippen LogP contribution in [0.4, 0.5) is 0 Å². The molecular weight excluding hydrogens is 1150 g/mol. The van der Waals surface area contributed by atoms with Gasteiger partial charge in [0.2, 0.25) is 0 Å². The van der Waals surface area contributed by atoms with Crippen LogP contribution in [0.3, 0.4) is 0 Å². The fraction of sp³-hybridized carbons (Fsp3) is 0.571. The molecular formula is C84H156O9. The molecule has 0 aliphatic carbocycles. The summed E-state index contributed by atoms with van der Waals surface area (Å²) < 4.78 is 49.9. The molecule has 546 valence electrons. The van der Waals surface area contributed by atoms with Gasteiger partial charge in [0.1, 0.15) is 48.6 Å². The van der Waals surface area contributed by atoms with Crippen molar-refractivity contribution in [3.8, 4) is 39.9 Å². The lowest BCUT2D eigenvalue weighted by molar-refractivity contribution is 0.0426. The van der Waals surface area contributed by atoms with Gasteiger partial charge in [-0.15, -0.1) is 0 Å². The first-order valence-corrected chi connectivity index (χ1v) is 30.1. The first-order chi connectivity index (χ1) is 39.0. The fourth-order valence-electron chi connectivity index (χ4n) is 6.33. The highest BCUT2D eigenvalue weighted by atomic mass is 16.5. The van der Waals surface area contributed by atoms with Crippen LogP contribution in [0.2, 0.25) is 0 Å². The zero-order valence-electron chi connectivity index (χ0n) is 53.0. The van der Waals surface area contributed by atoms with Crippen LogP contribution in [0, 0.1) is 19.8 Å². The van der Waals surface area contributed by atoms with Crippen molar-refractivity contribution in [3.63, 3.8) is 0 Å². The molecule has 93 heavy (non-hydrogen) atoms. The van der Waals surface area contributed by atoms with Crippen LogP contribution in [-0.4, -0.2) is 82.9 Å². The topological polar surface area (TPSA) is 83.1 Å². The largest absolute Gasteiger partial charge is 0.491 e. The number of benzene rings is 6. The summed E-state index contributed by atoms with van der Waals surface area (Å²) in [5, 5.41) is 0. The summed E-state index contributed by atoms with van der Waals surface area (Å²) in [6, 6.07) is 54.5. The van der Waals surface area contributed by atoms with Crippen molar-refractivity contribution in [1.29, 1.82) is 0 Å². The van der Waals surface area contributed by atoms with Gasteiger partial charge in [-0.1, -0.05) is 259 Å². The van der Waals surface area contributed by atoms with Crippen LogP contribution in [-0.2, 0) is 18.9 Å². The smallest absolute Gasteiger partial charge is 0.119 e. The minimum Gasteiger partial charge on any atom is -0.491 e. The highest BCUT2D eigenvalue weighted by molar-refractivity contribution is 5.63. The molecule has 0 heterocycles. The van der Waals surface area contributed by atoms with Gasteiger partial charge in [-0.3, -0.25) is 0 Å². The van der Waals surface area contributed by atoms with E-state index < -0.39 is 0 Å². The first kappa shape index (κ1) is 115. The second kappa shape index (κ2) is 75.2. The van der Waals surface area contributed by atoms with Gasteiger partial charge in [-0.25, -0.2) is 0 Å². The Balaban J connectivity index is -0.0000000838. The minimum atomic E-state index is 0. The van der Waals surface area contributed by atoms with Crippen LogP contribution in [0.5, 0.6) is 28.7 Å². The maximum atomic E-state index is 5.67. The van der Waals surface area contributed by atoms with Crippen molar-refractivity contribution in [2.24, 2.45) is 5.92 Å². The summed E-state index contributed by atoms with van der Waals surface area (Å²) in [6.45, 7) is 38.4. The molecule has 0 saturated carbocycles. The predicted molar refractivity (Wildman–Crippen MR) is 423 cm³/mol. The van der Waals surface area contributed by atoms with Crippen LogP contribution in [0.15, 0.2) is 164 Å². The van der Waals surface area contributed by atoms with E-state index >= 15 is 0 Å². The number of hydrogen-bond donors (Lipinski definition) is 0. The Morgan fingerprint density at radius 1 is 0.247 bits per heavy atom. The fourth-order valence-corrected chi connectivity index (χ4v) is 6.33. The Labute approximate surface area is 581 Å². The van der Waals surface area contributed by atoms with Gasteiger partial charge in [0, 0.05) is 6.61 Å². The molecule has 0 aliphatic heterocycles. The maximum absolute atomic E-state index is 5.67. The molecule has 0 radical (unpaired) electrons. The second-order valence-electron chi connectivity index (χ2n) is 20.6. The standard InChI is InChI=1S/C18H22O2.C13H20O2.C12H18O2.C11H16O.C10H14O.C8H18O.12CH4/c1-3-15(2)19-13-14-20-18-11-9-17(10-12-18)16-7-5-4-6-8-16;1-4-12(3)14-9-10-15-13-7-5-11(2)6-8-13;1-3-11(2)13-9-10-14-12-7-5-4-6-8-12;1-4-10(3)12-11-7-5-9(2)6-8-11;1-3-9(2)11-10-7-5-4-6-8-10;1-5-8(4)9-6-7(2)3;;;;;;;;;;;;/h4-12,15H,3,13-14H2,1-2H3;5-8,12H,4,9-10H2,1-3H3;4-8,11H,3,9-10H2,1-2H3;5-8,10H,4H2,1-3H3;4-9H,3H2,1-2H3;7-8H,5-6H2,1-4H3;12*1H4. The number of rotatable bonds is 29. The van der Waals surface area contributed by atoms with E-state index in [0.29, 0.717) is 82.2 Å². The van der Waals surface area contributed by atoms with Crippen molar-refractivity contribution >= 4 is 0 Å². The molecule has 0 bridgehead atoms. The number of hydrogen-bond acceptors (Lipinski definition) is 9. The summed E-state index contributed by atoms with van der Waals surface area (Å²) in [4.78, 5) is 0. The van der Waals surface area contributed by atoms with Crippen LogP contribution < -0.4 is 23.7 Å². The normalized spacial score (nSPS) is 11.0. The molecule has 0 fully saturated rings. The first-order valence-electron chi connectivity index (χ1n) is 30.1. The van der Waals surface area contributed by atoms with E-state index in [2.05, 4.69) is 147 Å². The Kier molecular flexibility index (Phi) is 92.6. The lowest BCUT2D eigenvalue weighted by Crippen LogP contribution is -2.13. The van der Waals surface area contributed by atoms with Gasteiger partial charge >= 0.3 is 0 Å². The zero-order valence-corrected chi connectivity index (χ0v) is 53.0. The van der Waals surface area contributed by atoms with E-state index in [1.165, 1.54) is 22.3 Å². The van der Waals surface area contributed by atoms with Crippen LogP contribution in [0.1, 0.15) is 236 Å². The van der Waals surface area contributed by atoms with Crippen molar-refractivity contribution in [3.05, 3.63) is 175 Å². The molecule has 0 spiro atoms. The zero-order chi connectivity index (χ0) is 59.9. The highest BCUT2D eigenvalue weighted by Crippen LogP contribution is 2.22. The van der Waals surface area contributed by atoms with E-state index in [1.54, 1.807) is 0 Å². The van der Waals surface area contributed by atoms with Crippen LogP contribution >= 0.6 is 0 Å². The van der Waals surface area contributed by atoms with Crippen molar-refractivity contribution in [2.75, 3.05) is 46.2 Å². The van der Waals surface area contributed by atoms with Crippen molar-refractivity contribution in [1.82, 2.24) is 0 Å². The van der Waals surface area contributed by atoms with Gasteiger partial charge in [0.25, 0.3) is 0 Å². The molecule has 6 unspecified atom stereocenters. The summed E-state index contributed by atoms with van der Waals surface area (Å²) in [5.74, 6) is 5.29. The number of ether oxygens (including phenoxy) is 9. The molecule has 6 atom stereocenters. The summed E-state index contributed by atoms with van der Waals surface area (Å²) in [7, 11) is 0. The number of para-hydroxylation sites is 2. The highest BCUT2D eigenvalue weighted by Gasteiger charge is 2.04.